The Kier molecular flexibility index (Phi) is 4.13. The Bertz CT molecular complexity index is 398. The third-order valence-corrected chi connectivity index (χ3v) is 2.62. The summed E-state index contributed by atoms with van der Waals surface area (Å²) in [6.45, 7) is 3.41. The van der Waals surface area contributed by atoms with Crippen LogP contribution in [0.15, 0.2) is 23.1 Å². The van der Waals surface area contributed by atoms with Crippen molar-refractivity contribution in [3.8, 4) is 0 Å². The van der Waals surface area contributed by atoms with Crippen molar-refractivity contribution in [1.29, 1.82) is 0 Å². The van der Waals surface area contributed by atoms with Gasteiger partial charge >= 0.3 is 0 Å². The van der Waals surface area contributed by atoms with Crippen molar-refractivity contribution in [1.82, 2.24) is 0 Å². The zero-order chi connectivity index (χ0) is 9.35. The summed E-state index contributed by atoms with van der Waals surface area (Å²) in [5.74, 6) is 0. The van der Waals surface area contributed by atoms with Crippen molar-refractivity contribution in [3.05, 3.63) is 29.3 Å². The van der Waals surface area contributed by atoms with Gasteiger partial charge in [0.15, 0.2) is 0 Å². The fraction of sp³-hybridized carbons (Fsp3) is 0.250. The van der Waals surface area contributed by atoms with Crippen molar-refractivity contribution >= 4 is 10.1 Å². The maximum absolute atomic E-state index is 10.8. The molecular weight excluding hydrogens is 240 g/mol. The first-order valence-corrected chi connectivity index (χ1v) is 4.90. The molecule has 77 valence electrons. The molecular formula is C8H10CuO3S. The fourth-order valence-electron chi connectivity index (χ4n) is 0.985. The standard InChI is InChI=1S/C8H10O3S.Cu/c1-6-3-4-7(2)8(5-6)12(9,10)11;/h3-5H,1-2H3,(H,9,10,11);. The van der Waals surface area contributed by atoms with Gasteiger partial charge in [0, 0.05) is 17.1 Å². The fourth-order valence-corrected chi connectivity index (χ4v) is 1.79. The minimum Gasteiger partial charge on any atom is -0.282 e. The molecule has 5 heteroatoms. The summed E-state index contributed by atoms with van der Waals surface area (Å²) < 4.78 is 30.3. The van der Waals surface area contributed by atoms with Gasteiger partial charge in [-0.3, -0.25) is 4.55 Å². The molecule has 0 saturated heterocycles. The summed E-state index contributed by atoms with van der Waals surface area (Å²) in [5.41, 5.74) is 1.37. The van der Waals surface area contributed by atoms with Crippen LogP contribution in [0.2, 0.25) is 0 Å². The SMILES string of the molecule is Cc1ccc(C)c(S(=O)(=O)O)c1.[Cu]. The Morgan fingerprint density at radius 3 is 2.15 bits per heavy atom. The number of hydrogen-bond donors (Lipinski definition) is 1. The van der Waals surface area contributed by atoms with Gasteiger partial charge in [-0.1, -0.05) is 12.1 Å². The molecule has 0 aliphatic carbocycles. The second kappa shape index (κ2) is 4.24. The van der Waals surface area contributed by atoms with Crippen LogP contribution in [0.4, 0.5) is 0 Å². The summed E-state index contributed by atoms with van der Waals surface area (Å²) in [6, 6.07) is 4.91. The summed E-state index contributed by atoms with van der Waals surface area (Å²) >= 11 is 0. The van der Waals surface area contributed by atoms with Crippen LogP contribution in [0.1, 0.15) is 11.1 Å². The predicted octanol–water partition coefficient (Wildman–Crippen LogP) is 1.55. The molecule has 1 aromatic carbocycles. The van der Waals surface area contributed by atoms with Gasteiger partial charge < -0.3 is 0 Å². The van der Waals surface area contributed by atoms with Gasteiger partial charge in [-0.2, -0.15) is 8.42 Å². The molecule has 0 unspecified atom stereocenters. The van der Waals surface area contributed by atoms with E-state index in [0.717, 1.165) is 5.56 Å². The average Bonchev–Trinajstić information content (AvgIpc) is 1.92. The first-order chi connectivity index (χ1) is 5.41. The van der Waals surface area contributed by atoms with Gasteiger partial charge in [0.05, 0.1) is 4.90 Å². The van der Waals surface area contributed by atoms with Crippen LogP contribution in [0.5, 0.6) is 0 Å². The summed E-state index contributed by atoms with van der Waals surface area (Å²) in [6.07, 6.45) is 0. The van der Waals surface area contributed by atoms with E-state index in [1.54, 1.807) is 26.0 Å². The van der Waals surface area contributed by atoms with Crippen molar-refractivity contribution in [2.75, 3.05) is 0 Å². The molecule has 0 heterocycles. The van der Waals surface area contributed by atoms with Gasteiger partial charge in [0.25, 0.3) is 10.1 Å². The molecule has 0 spiro atoms. The molecule has 1 rings (SSSR count). The molecule has 13 heavy (non-hydrogen) atoms. The number of rotatable bonds is 1. The topological polar surface area (TPSA) is 54.4 Å². The third-order valence-electron chi connectivity index (χ3n) is 1.62. The summed E-state index contributed by atoms with van der Waals surface area (Å²) in [7, 11) is -4.06. The van der Waals surface area contributed by atoms with E-state index < -0.39 is 10.1 Å². The van der Waals surface area contributed by atoms with Gasteiger partial charge in [0.2, 0.25) is 0 Å². The zero-order valence-corrected chi connectivity index (χ0v) is 8.96. The van der Waals surface area contributed by atoms with Crippen molar-refractivity contribution < 1.29 is 30.0 Å². The van der Waals surface area contributed by atoms with E-state index in [0.29, 0.717) is 5.56 Å². The van der Waals surface area contributed by atoms with E-state index in [-0.39, 0.29) is 22.0 Å². The predicted molar refractivity (Wildman–Crippen MR) is 45.7 cm³/mol. The molecule has 0 fully saturated rings. The number of aryl methyl sites for hydroxylation is 2. The van der Waals surface area contributed by atoms with E-state index in [9.17, 15) is 8.42 Å². The monoisotopic (exact) mass is 249 g/mol. The Labute approximate surface area is 88.4 Å². The van der Waals surface area contributed by atoms with Crippen LogP contribution in [-0.2, 0) is 27.2 Å². The van der Waals surface area contributed by atoms with E-state index >= 15 is 0 Å². The molecule has 0 saturated carbocycles. The van der Waals surface area contributed by atoms with Gasteiger partial charge in [-0.15, -0.1) is 0 Å². The maximum atomic E-state index is 10.8. The molecule has 0 aliphatic heterocycles. The minimum absolute atomic E-state index is 0. The molecule has 0 amide bonds. The zero-order valence-electron chi connectivity index (χ0n) is 7.21. The molecule has 1 N–H and O–H groups in total. The first kappa shape index (κ1) is 12.6. The molecule has 0 atom stereocenters. The van der Waals surface area contributed by atoms with Crippen molar-refractivity contribution in [3.63, 3.8) is 0 Å². The first-order valence-electron chi connectivity index (χ1n) is 3.46. The molecule has 0 aliphatic rings. The Morgan fingerprint density at radius 1 is 1.23 bits per heavy atom. The molecule has 3 nitrogen and oxygen atoms in total. The van der Waals surface area contributed by atoms with Crippen LogP contribution in [0, 0.1) is 13.8 Å². The van der Waals surface area contributed by atoms with E-state index in [1.165, 1.54) is 6.07 Å². The van der Waals surface area contributed by atoms with E-state index in [2.05, 4.69) is 0 Å². The van der Waals surface area contributed by atoms with Crippen LogP contribution < -0.4 is 0 Å². The average molecular weight is 250 g/mol. The van der Waals surface area contributed by atoms with Gasteiger partial charge in [-0.05, 0) is 31.0 Å². The summed E-state index contributed by atoms with van der Waals surface area (Å²) in [4.78, 5) is -0.0116. The smallest absolute Gasteiger partial charge is 0.282 e. The second-order valence-corrected chi connectivity index (χ2v) is 4.13. The molecule has 0 bridgehead atoms. The van der Waals surface area contributed by atoms with Crippen LogP contribution >= 0.6 is 0 Å². The van der Waals surface area contributed by atoms with Crippen LogP contribution in [0.3, 0.4) is 0 Å². The Morgan fingerprint density at radius 2 is 1.77 bits per heavy atom. The third kappa shape index (κ3) is 3.12. The summed E-state index contributed by atoms with van der Waals surface area (Å²) in [5, 5.41) is 0. The van der Waals surface area contributed by atoms with E-state index in [4.69, 9.17) is 4.55 Å². The van der Waals surface area contributed by atoms with Crippen molar-refractivity contribution in [2.24, 2.45) is 0 Å². The molecule has 1 aromatic rings. The van der Waals surface area contributed by atoms with E-state index in [1.807, 2.05) is 0 Å². The van der Waals surface area contributed by atoms with Crippen molar-refractivity contribution in [2.45, 2.75) is 18.7 Å². The molecule has 1 radical (unpaired) electrons. The number of hydrogen-bond acceptors (Lipinski definition) is 2. The largest absolute Gasteiger partial charge is 0.294 e. The Balaban J connectivity index is 0.00000144. The molecule has 0 aromatic heterocycles. The maximum Gasteiger partial charge on any atom is 0.294 e. The quantitative estimate of drug-likeness (QED) is 0.607. The van der Waals surface area contributed by atoms with Gasteiger partial charge in [0.1, 0.15) is 0 Å². The second-order valence-electron chi connectivity index (χ2n) is 2.74. The van der Waals surface area contributed by atoms with Crippen LogP contribution in [0.25, 0.3) is 0 Å². The minimum atomic E-state index is -4.06. The van der Waals surface area contributed by atoms with Crippen LogP contribution in [-0.4, -0.2) is 13.0 Å². The van der Waals surface area contributed by atoms with Gasteiger partial charge in [-0.25, -0.2) is 0 Å². The Hall–Kier alpha value is -0.351. The normalized spacial score (nSPS) is 10.7. The number of benzene rings is 1.